The normalized spacial score (nSPS) is 12.1. The summed E-state index contributed by atoms with van der Waals surface area (Å²) < 4.78 is 0. The van der Waals surface area contributed by atoms with E-state index in [0.717, 1.165) is 12.5 Å². The first-order valence-electron chi connectivity index (χ1n) is 6.10. The van der Waals surface area contributed by atoms with Crippen molar-refractivity contribution in [3.05, 3.63) is 35.9 Å². The third-order valence-electron chi connectivity index (χ3n) is 2.55. The zero-order valence-electron chi connectivity index (χ0n) is 11.0. The number of anilines is 1. The molecule has 0 saturated heterocycles. The van der Waals surface area contributed by atoms with Gasteiger partial charge in [-0.15, -0.1) is 0 Å². The predicted octanol–water partition coefficient (Wildman–Crippen LogP) is 2.70. The topological polar surface area (TPSA) is 78.4 Å². The van der Waals surface area contributed by atoms with Gasteiger partial charge in [-0.1, -0.05) is 19.1 Å². The van der Waals surface area contributed by atoms with Gasteiger partial charge in [0.1, 0.15) is 0 Å². The van der Waals surface area contributed by atoms with Crippen LogP contribution in [0.15, 0.2) is 30.3 Å². The first-order chi connectivity index (χ1) is 9.01. The van der Waals surface area contributed by atoms with Crippen LogP contribution in [0.5, 0.6) is 0 Å². The molecule has 1 unspecified atom stereocenters. The monoisotopic (exact) mass is 262 g/mol. The minimum atomic E-state index is -1.01. The molecule has 0 aliphatic heterocycles. The van der Waals surface area contributed by atoms with Crippen molar-refractivity contribution < 1.29 is 14.7 Å². The Hall–Kier alpha value is -2.30. The van der Waals surface area contributed by atoms with Crippen LogP contribution in [-0.2, 0) is 4.79 Å². The standard InChI is InChI=1S/C14H18N2O3/c1-3-10(2)15-14(19)16-12-6-4-5-11(9-12)7-8-13(17)18/h4-10H,3H2,1-2H3,(H,17,18)(H2,15,16,19)/b8-7+. The van der Waals surface area contributed by atoms with E-state index in [1.54, 1.807) is 24.3 Å². The molecule has 0 heterocycles. The molecule has 19 heavy (non-hydrogen) atoms. The second-order valence-corrected chi connectivity index (χ2v) is 4.20. The van der Waals surface area contributed by atoms with Gasteiger partial charge in [0.25, 0.3) is 0 Å². The van der Waals surface area contributed by atoms with Crippen LogP contribution in [0, 0.1) is 0 Å². The Balaban J connectivity index is 2.66. The molecule has 0 aliphatic carbocycles. The smallest absolute Gasteiger partial charge is 0.328 e. The van der Waals surface area contributed by atoms with E-state index in [2.05, 4.69) is 10.6 Å². The van der Waals surface area contributed by atoms with Gasteiger partial charge in [0, 0.05) is 17.8 Å². The van der Waals surface area contributed by atoms with Crippen LogP contribution in [0.3, 0.4) is 0 Å². The number of rotatable bonds is 5. The first kappa shape index (κ1) is 14.8. The van der Waals surface area contributed by atoms with Gasteiger partial charge in [-0.25, -0.2) is 9.59 Å². The van der Waals surface area contributed by atoms with Crippen LogP contribution in [0.4, 0.5) is 10.5 Å². The van der Waals surface area contributed by atoms with E-state index in [9.17, 15) is 9.59 Å². The summed E-state index contributed by atoms with van der Waals surface area (Å²) in [7, 11) is 0. The number of aliphatic carboxylic acids is 1. The Morgan fingerprint density at radius 2 is 2.16 bits per heavy atom. The Morgan fingerprint density at radius 1 is 1.42 bits per heavy atom. The van der Waals surface area contributed by atoms with Gasteiger partial charge in [-0.3, -0.25) is 0 Å². The Kier molecular flexibility index (Phi) is 5.60. The fourth-order valence-corrected chi connectivity index (χ4v) is 1.38. The summed E-state index contributed by atoms with van der Waals surface area (Å²) >= 11 is 0. The molecule has 102 valence electrons. The maximum absolute atomic E-state index is 11.6. The van der Waals surface area contributed by atoms with Crippen LogP contribution in [0.25, 0.3) is 6.08 Å². The van der Waals surface area contributed by atoms with E-state index in [1.807, 2.05) is 13.8 Å². The molecular weight excluding hydrogens is 244 g/mol. The molecule has 0 aromatic heterocycles. The SMILES string of the molecule is CCC(C)NC(=O)Nc1cccc(/C=C/C(=O)O)c1. The number of carboxylic acid groups (broad SMARTS) is 1. The number of urea groups is 1. The van der Waals surface area contributed by atoms with Crippen LogP contribution in [-0.4, -0.2) is 23.1 Å². The van der Waals surface area contributed by atoms with Crippen molar-refractivity contribution in [2.75, 3.05) is 5.32 Å². The average Bonchev–Trinajstić information content (AvgIpc) is 2.36. The molecule has 2 amide bonds. The molecule has 0 radical (unpaired) electrons. The van der Waals surface area contributed by atoms with Crippen molar-refractivity contribution in [1.29, 1.82) is 0 Å². The molecule has 0 bridgehead atoms. The number of nitrogens with one attached hydrogen (secondary N) is 2. The number of benzene rings is 1. The van der Waals surface area contributed by atoms with Crippen LogP contribution in [0.1, 0.15) is 25.8 Å². The molecule has 1 atom stereocenters. The fourth-order valence-electron chi connectivity index (χ4n) is 1.38. The summed E-state index contributed by atoms with van der Waals surface area (Å²) in [6, 6.07) is 6.80. The van der Waals surface area contributed by atoms with Gasteiger partial charge < -0.3 is 15.7 Å². The van der Waals surface area contributed by atoms with Crippen LogP contribution >= 0.6 is 0 Å². The molecule has 5 heteroatoms. The maximum Gasteiger partial charge on any atom is 0.328 e. The summed E-state index contributed by atoms with van der Waals surface area (Å²) in [4.78, 5) is 22.0. The summed E-state index contributed by atoms with van der Waals surface area (Å²) in [5.74, 6) is -1.01. The van der Waals surface area contributed by atoms with Crippen LogP contribution in [0.2, 0.25) is 0 Å². The number of carbonyl (C=O) groups excluding carboxylic acids is 1. The van der Waals surface area contributed by atoms with E-state index in [4.69, 9.17) is 5.11 Å². The van der Waals surface area contributed by atoms with Crippen LogP contribution < -0.4 is 10.6 Å². The van der Waals surface area contributed by atoms with Crippen molar-refractivity contribution in [2.45, 2.75) is 26.3 Å². The fraction of sp³-hybridized carbons (Fsp3) is 0.286. The molecule has 5 nitrogen and oxygen atoms in total. The lowest BCUT2D eigenvalue weighted by molar-refractivity contribution is -0.131. The minimum absolute atomic E-state index is 0.107. The predicted molar refractivity (Wildman–Crippen MR) is 75.0 cm³/mol. The average molecular weight is 262 g/mol. The van der Waals surface area contributed by atoms with Crippen molar-refractivity contribution in [3.8, 4) is 0 Å². The summed E-state index contributed by atoms with van der Waals surface area (Å²) in [5, 5.41) is 14.0. The second-order valence-electron chi connectivity index (χ2n) is 4.20. The highest BCUT2D eigenvalue weighted by Gasteiger charge is 2.05. The Bertz CT molecular complexity index is 483. The van der Waals surface area contributed by atoms with E-state index in [1.165, 1.54) is 6.08 Å². The number of hydrogen-bond acceptors (Lipinski definition) is 2. The summed E-state index contributed by atoms with van der Waals surface area (Å²) in [6.45, 7) is 3.91. The van der Waals surface area contributed by atoms with Gasteiger partial charge in [0.15, 0.2) is 0 Å². The highest BCUT2D eigenvalue weighted by Crippen LogP contribution is 2.12. The number of carboxylic acids is 1. The van der Waals surface area contributed by atoms with Gasteiger partial charge in [-0.2, -0.15) is 0 Å². The van der Waals surface area contributed by atoms with Crippen molar-refractivity contribution in [3.63, 3.8) is 0 Å². The first-order valence-corrected chi connectivity index (χ1v) is 6.10. The molecule has 0 spiro atoms. The maximum atomic E-state index is 11.6. The summed E-state index contributed by atoms with van der Waals surface area (Å²) in [6.07, 6.45) is 3.38. The zero-order valence-corrected chi connectivity index (χ0v) is 11.0. The highest BCUT2D eigenvalue weighted by atomic mass is 16.4. The molecule has 1 rings (SSSR count). The molecule has 0 saturated carbocycles. The van der Waals surface area contributed by atoms with Gasteiger partial charge >= 0.3 is 12.0 Å². The number of hydrogen-bond donors (Lipinski definition) is 3. The quantitative estimate of drug-likeness (QED) is 0.714. The third kappa shape index (κ3) is 5.72. The van der Waals surface area contributed by atoms with Gasteiger partial charge in [-0.05, 0) is 37.1 Å². The van der Waals surface area contributed by atoms with Crippen molar-refractivity contribution >= 4 is 23.8 Å². The molecule has 1 aromatic carbocycles. The summed E-state index contributed by atoms with van der Waals surface area (Å²) in [5.41, 5.74) is 1.33. The van der Waals surface area contributed by atoms with E-state index < -0.39 is 5.97 Å². The van der Waals surface area contributed by atoms with E-state index >= 15 is 0 Å². The zero-order chi connectivity index (χ0) is 14.3. The van der Waals surface area contributed by atoms with E-state index in [0.29, 0.717) is 11.3 Å². The molecule has 0 aliphatic rings. The molecule has 0 fully saturated rings. The van der Waals surface area contributed by atoms with Gasteiger partial charge in [0.05, 0.1) is 0 Å². The Morgan fingerprint density at radius 3 is 2.79 bits per heavy atom. The van der Waals surface area contributed by atoms with Crippen molar-refractivity contribution in [2.24, 2.45) is 0 Å². The van der Waals surface area contributed by atoms with Gasteiger partial charge in [0.2, 0.25) is 0 Å². The lowest BCUT2D eigenvalue weighted by Gasteiger charge is -2.12. The lowest BCUT2D eigenvalue weighted by atomic mass is 10.2. The highest BCUT2D eigenvalue weighted by molar-refractivity contribution is 5.90. The van der Waals surface area contributed by atoms with E-state index in [-0.39, 0.29) is 12.1 Å². The largest absolute Gasteiger partial charge is 0.478 e. The molecule has 1 aromatic rings. The lowest BCUT2D eigenvalue weighted by Crippen LogP contribution is -2.35. The van der Waals surface area contributed by atoms with Crippen molar-refractivity contribution in [1.82, 2.24) is 5.32 Å². The number of amides is 2. The Labute approximate surface area is 112 Å². The molecular formula is C14H18N2O3. The molecule has 3 N–H and O–H groups in total. The minimum Gasteiger partial charge on any atom is -0.478 e. The third-order valence-corrected chi connectivity index (χ3v) is 2.55. The second kappa shape index (κ2) is 7.20. The number of carbonyl (C=O) groups is 2.